The highest BCUT2D eigenvalue weighted by Gasteiger charge is 2.37. The summed E-state index contributed by atoms with van der Waals surface area (Å²) in [5, 5.41) is 20.4. The third kappa shape index (κ3) is 2.64. The summed E-state index contributed by atoms with van der Waals surface area (Å²) in [7, 11) is 0. The third-order valence-corrected chi connectivity index (χ3v) is 2.89. The van der Waals surface area contributed by atoms with E-state index in [1.807, 2.05) is 13.8 Å². The molecule has 0 spiro atoms. The summed E-state index contributed by atoms with van der Waals surface area (Å²) in [5.74, 6) is -0.713. The minimum atomic E-state index is -1.84. The van der Waals surface area contributed by atoms with Gasteiger partial charge in [-0.15, -0.1) is 0 Å². The normalized spacial score (nSPS) is 14.3. The molecule has 0 fully saturated rings. The zero-order valence-corrected chi connectivity index (χ0v) is 11.2. The monoisotopic (exact) mass is 252 g/mol. The lowest BCUT2D eigenvalue weighted by molar-refractivity contribution is -0.164. The van der Waals surface area contributed by atoms with Crippen LogP contribution in [-0.2, 0) is 15.1 Å². The molecule has 1 rings (SSSR count). The second-order valence-electron chi connectivity index (χ2n) is 4.69. The van der Waals surface area contributed by atoms with E-state index < -0.39 is 11.6 Å². The van der Waals surface area contributed by atoms with Crippen molar-refractivity contribution < 1.29 is 19.7 Å². The maximum Gasteiger partial charge on any atom is 0.342 e. The van der Waals surface area contributed by atoms with Gasteiger partial charge in [0.2, 0.25) is 0 Å². The summed E-state index contributed by atoms with van der Waals surface area (Å²) in [6, 6.07) is 5.00. The van der Waals surface area contributed by atoms with Crippen molar-refractivity contribution in [3.8, 4) is 5.75 Å². The standard InChI is InChI=1S/C14H20O4/c1-5-18-13(16)14(4,17)11-8-6-7-10(9(2)3)12(11)15/h6-9,15,17H,5H2,1-4H3. The average molecular weight is 252 g/mol. The van der Waals surface area contributed by atoms with Crippen molar-refractivity contribution in [1.29, 1.82) is 0 Å². The Labute approximate surface area is 107 Å². The molecule has 0 bridgehead atoms. The molecular weight excluding hydrogens is 232 g/mol. The zero-order valence-electron chi connectivity index (χ0n) is 11.2. The Morgan fingerprint density at radius 3 is 2.56 bits per heavy atom. The number of aromatic hydroxyl groups is 1. The number of aliphatic hydroxyl groups is 1. The quantitative estimate of drug-likeness (QED) is 0.807. The smallest absolute Gasteiger partial charge is 0.342 e. The largest absolute Gasteiger partial charge is 0.507 e. The molecule has 0 heterocycles. The summed E-state index contributed by atoms with van der Waals surface area (Å²) in [6.07, 6.45) is 0. The fraction of sp³-hybridized carbons (Fsp3) is 0.500. The van der Waals surface area contributed by atoms with Crippen molar-refractivity contribution in [1.82, 2.24) is 0 Å². The third-order valence-electron chi connectivity index (χ3n) is 2.89. The van der Waals surface area contributed by atoms with Crippen LogP contribution >= 0.6 is 0 Å². The van der Waals surface area contributed by atoms with Gasteiger partial charge in [-0.3, -0.25) is 0 Å². The number of carbonyl (C=O) groups excluding carboxylic acids is 1. The summed E-state index contributed by atoms with van der Waals surface area (Å²) >= 11 is 0. The van der Waals surface area contributed by atoms with Gasteiger partial charge in [0.05, 0.1) is 6.61 Å². The number of esters is 1. The predicted molar refractivity (Wildman–Crippen MR) is 68.4 cm³/mol. The van der Waals surface area contributed by atoms with Gasteiger partial charge in [0.1, 0.15) is 5.75 Å². The number of carbonyl (C=O) groups is 1. The molecule has 0 aliphatic carbocycles. The molecule has 18 heavy (non-hydrogen) atoms. The van der Waals surface area contributed by atoms with E-state index >= 15 is 0 Å². The maximum atomic E-state index is 11.7. The van der Waals surface area contributed by atoms with Crippen LogP contribution < -0.4 is 0 Å². The van der Waals surface area contributed by atoms with Gasteiger partial charge in [-0.2, -0.15) is 0 Å². The molecule has 0 radical (unpaired) electrons. The average Bonchev–Trinajstić information content (AvgIpc) is 2.28. The first kappa shape index (κ1) is 14.5. The Balaban J connectivity index is 3.24. The summed E-state index contributed by atoms with van der Waals surface area (Å²) < 4.78 is 4.82. The van der Waals surface area contributed by atoms with Gasteiger partial charge < -0.3 is 14.9 Å². The Morgan fingerprint density at radius 2 is 2.06 bits per heavy atom. The minimum absolute atomic E-state index is 0.0504. The minimum Gasteiger partial charge on any atom is -0.507 e. The highest BCUT2D eigenvalue weighted by Crippen LogP contribution is 2.35. The number of hydrogen-bond donors (Lipinski definition) is 2. The van der Waals surface area contributed by atoms with E-state index in [4.69, 9.17) is 4.74 Å². The molecular formula is C14H20O4. The SMILES string of the molecule is CCOC(=O)C(C)(O)c1cccc(C(C)C)c1O. The van der Waals surface area contributed by atoms with Gasteiger partial charge in [0, 0.05) is 5.56 Å². The molecule has 0 aromatic heterocycles. The van der Waals surface area contributed by atoms with E-state index in [0.717, 1.165) is 0 Å². The number of benzene rings is 1. The van der Waals surface area contributed by atoms with Crippen molar-refractivity contribution in [3.05, 3.63) is 29.3 Å². The van der Waals surface area contributed by atoms with Crippen LogP contribution in [-0.4, -0.2) is 22.8 Å². The highest BCUT2D eigenvalue weighted by molar-refractivity contribution is 5.81. The van der Waals surface area contributed by atoms with E-state index in [0.29, 0.717) is 5.56 Å². The molecule has 0 aliphatic rings. The lowest BCUT2D eigenvalue weighted by Crippen LogP contribution is -2.34. The summed E-state index contributed by atoms with van der Waals surface area (Å²) in [5.41, 5.74) is -0.977. The number of phenolic OH excluding ortho intramolecular Hbond substituents is 1. The fourth-order valence-corrected chi connectivity index (χ4v) is 1.80. The van der Waals surface area contributed by atoms with Gasteiger partial charge in [-0.1, -0.05) is 32.0 Å². The second kappa shape index (κ2) is 5.40. The van der Waals surface area contributed by atoms with Crippen LogP contribution in [0.4, 0.5) is 0 Å². The zero-order chi connectivity index (χ0) is 13.9. The van der Waals surface area contributed by atoms with E-state index in [2.05, 4.69) is 0 Å². The van der Waals surface area contributed by atoms with Crippen LogP contribution in [0, 0.1) is 0 Å². The molecule has 1 atom stereocenters. The van der Waals surface area contributed by atoms with Gasteiger partial charge in [-0.25, -0.2) is 4.79 Å². The molecule has 0 aliphatic heterocycles. The van der Waals surface area contributed by atoms with Crippen LogP contribution in [0.2, 0.25) is 0 Å². The Kier molecular flexibility index (Phi) is 4.35. The number of hydrogen-bond acceptors (Lipinski definition) is 4. The lowest BCUT2D eigenvalue weighted by Gasteiger charge is -2.24. The first-order chi connectivity index (χ1) is 8.32. The van der Waals surface area contributed by atoms with Gasteiger partial charge in [0.25, 0.3) is 0 Å². The number of ether oxygens (including phenoxy) is 1. The second-order valence-corrected chi connectivity index (χ2v) is 4.69. The molecule has 1 aromatic rings. The number of para-hydroxylation sites is 1. The van der Waals surface area contributed by atoms with Crippen molar-refractivity contribution in [3.63, 3.8) is 0 Å². The van der Waals surface area contributed by atoms with Gasteiger partial charge in [0.15, 0.2) is 5.60 Å². The summed E-state index contributed by atoms with van der Waals surface area (Å²) in [4.78, 5) is 11.7. The first-order valence-corrected chi connectivity index (χ1v) is 6.04. The summed E-state index contributed by atoms with van der Waals surface area (Å²) in [6.45, 7) is 7.03. The van der Waals surface area contributed by atoms with Crippen molar-refractivity contribution in [2.45, 2.75) is 39.2 Å². The van der Waals surface area contributed by atoms with Crippen molar-refractivity contribution in [2.24, 2.45) is 0 Å². The topological polar surface area (TPSA) is 66.8 Å². The van der Waals surface area contributed by atoms with Crippen LogP contribution in [0.25, 0.3) is 0 Å². The molecule has 0 amide bonds. The van der Waals surface area contributed by atoms with Gasteiger partial charge in [-0.05, 0) is 25.3 Å². The molecule has 4 heteroatoms. The Hall–Kier alpha value is -1.55. The lowest BCUT2D eigenvalue weighted by atomic mass is 9.90. The van der Waals surface area contributed by atoms with E-state index in [9.17, 15) is 15.0 Å². The molecule has 1 aromatic carbocycles. The Bertz CT molecular complexity index is 435. The van der Waals surface area contributed by atoms with E-state index in [1.165, 1.54) is 13.0 Å². The molecule has 2 N–H and O–H groups in total. The van der Waals surface area contributed by atoms with Crippen LogP contribution in [0.3, 0.4) is 0 Å². The fourth-order valence-electron chi connectivity index (χ4n) is 1.80. The van der Waals surface area contributed by atoms with Crippen molar-refractivity contribution >= 4 is 5.97 Å². The highest BCUT2D eigenvalue weighted by atomic mass is 16.5. The molecule has 100 valence electrons. The first-order valence-electron chi connectivity index (χ1n) is 6.04. The van der Waals surface area contributed by atoms with E-state index in [-0.39, 0.29) is 23.8 Å². The van der Waals surface area contributed by atoms with Crippen LogP contribution in [0.5, 0.6) is 5.75 Å². The molecule has 0 saturated heterocycles. The van der Waals surface area contributed by atoms with Gasteiger partial charge >= 0.3 is 5.97 Å². The molecule has 1 unspecified atom stereocenters. The van der Waals surface area contributed by atoms with Crippen LogP contribution in [0.15, 0.2) is 18.2 Å². The molecule has 4 nitrogen and oxygen atoms in total. The molecule has 0 saturated carbocycles. The van der Waals surface area contributed by atoms with Crippen molar-refractivity contribution in [2.75, 3.05) is 6.61 Å². The maximum absolute atomic E-state index is 11.7. The predicted octanol–water partition coefficient (Wildman–Crippen LogP) is 2.29. The Morgan fingerprint density at radius 1 is 1.44 bits per heavy atom. The number of phenols is 1. The van der Waals surface area contributed by atoms with E-state index in [1.54, 1.807) is 19.1 Å². The van der Waals surface area contributed by atoms with Crippen LogP contribution in [0.1, 0.15) is 44.7 Å². The number of rotatable bonds is 4.